The minimum absolute atomic E-state index is 0.524. The van der Waals surface area contributed by atoms with E-state index in [1.54, 1.807) is 11.8 Å². The largest absolute Gasteiger partial charge is 0.477 e. The highest BCUT2D eigenvalue weighted by Crippen LogP contribution is 2.33. The Labute approximate surface area is 68.1 Å². The molecule has 0 amide bonds. The molecule has 0 fully saturated rings. The maximum Gasteiger partial charge on any atom is 0.342 e. The summed E-state index contributed by atoms with van der Waals surface area (Å²) in [4.78, 5) is 11.9. The Kier molecular flexibility index (Phi) is 2.68. The predicted molar refractivity (Wildman–Crippen MR) is 45.3 cm³/mol. The summed E-state index contributed by atoms with van der Waals surface area (Å²) in [5.74, 6) is 1.17. The molecule has 0 unspecified atom stereocenters. The highest BCUT2D eigenvalue weighted by molar-refractivity contribution is 8.10. The van der Waals surface area contributed by atoms with Crippen molar-refractivity contribution in [2.75, 3.05) is 11.5 Å². The van der Waals surface area contributed by atoms with Crippen LogP contribution in [0.25, 0.3) is 0 Å². The summed E-state index contributed by atoms with van der Waals surface area (Å²) in [7, 11) is 0. The summed E-state index contributed by atoms with van der Waals surface area (Å²) in [5.41, 5.74) is 0. The van der Waals surface area contributed by atoms with Crippen molar-refractivity contribution in [3.63, 3.8) is 0 Å². The zero-order chi connectivity index (χ0) is 7.56. The van der Waals surface area contributed by atoms with Gasteiger partial charge in [0.25, 0.3) is 0 Å². The van der Waals surface area contributed by atoms with Crippen LogP contribution in [-0.2, 0) is 4.79 Å². The smallest absolute Gasteiger partial charge is 0.342 e. The summed E-state index contributed by atoms with van der Waals surface area (Å²) < 4.78 is 0. The standard InChI is InChI=1S/C6H8O2S2/c1-4-5(6(7)8)10-3-2-9-4/h2-3H2,1H3,(H,7,8). The van der Waals surface area contributed by atoms with Crippen molar-refractivity contribution >= 4 is 29.5 Å². The Balaban J connectivity index is 2.78. The molecule has 1 heterocycles. The number of rotatable bonds is 1. The van der Waals surface area contributed by atoms with E-state index < -0.39 is 5.97 Å². The average molecular weight is 176 g/mol. The van der Waals surface area contributed by atoms with Gasteiger partial charge >= 0.3 is 5.97 Å². The van der Waals surface area contributed by atoms with Gasteiger partial charge in [0.2, 0.25) is 0 Å². The summed E-state index contributed by atoms with van der Waals surface area (Å²) in [6.45, 7) is 1.86. The van der Waals surface area contributed by atoms with Gasteiger partial charge in [0, 0.05) is 16.4 Å². The molecule has 0 atom stereocenters. The normalized spacial score (nSPS) is 19.3. The van der Waals surface area contributed by atoms with E-state index in [4.69, 9.17) is 5.11 Å². The van der Waals surface area contributed by atoms with Crippen LogP contribution in [0.1, 0.15) is 6.92 Å². The van der Waals surface area contributed by atoms with Gasteiger partial charge in [-0.3, -0.25) is 0 Å². The Hall–Kier alpha value is -0.0900. The molecule has 10 heavy (non-hydrogen) atoms. The highest BCUT2D eigenvalue weighted by Gasteiger charge is 2.15. The number of carboxylic acid groups (broad SMARTS) is 1. The van der Waals surface area contributed by atoms with Gasteiger partial charge in [0.05, 0.1) is 0 Å². The van der Waals surface area contributed by atoms with Crippen molar-refractivity contribution in [2.45, 2.75) is 6.92 Å². The monoisotopic (exact) mass is 176 g/mol. The van der Waals surface area contributed by atoms with Crippen LogP contribution < -0.4 is 0 Å². The van der Waals surface area contributed by atoms with E-state index >= 15 is 0 Å². The predicted octanol–water partition coefficient (Wildman–Crippen LogP) is 1.78. The number of hydrogen-bond donors (Lipinski definition) is 1. The molecule has 0 aromatic heterocycles. The van der Waals surface area contributed by atoms with Crippen LogP contribution in [-0.4, -0.2) is 22.6 Å². The van der Waals surface area contributed by atoms with Gasteiger partial charge in [-0.2, -0.15) is 0 Å². The van der Waals surface area contributed by atoms with Crippen molar-refractivity contribution < 1.29 is 9.90 Å². The minimum Gasteiger partial charge on any atom is -0.477 e. The van der Waals surface area contributed by atoms with E-state index in [0.29, 0.717) is 4.91 Å². The summed E-state index contributed by atoms with van der Waals surface area (Å²) >= 11 is 3.07. The van der Waals surface area contributed by atoms with E-state index in [1.165, 1.54) is 11.8 Å². The van der Waals surface area contributed by atoms with E-state index in [-0.39, 0.29) is 0 Å². The molecule has 0 bridgehead atoms. The molecule has 56 valence electrons. The van der Waals surface area contributed by atoms with Gasteiger partial charge in [-0.25, -0.2) is 4.79 Å². The molecular weight excluding hydrogens is 168 g/mol. The fourth-order valence-electron chi connectivity index (χ4n) is 0.718. The number of aliphatic carboxylic acids is 1. The third-order valence-electron chi connectivity index (χ3n) is 1.16. The Bertz CT molecular complexity index is 186. The second-order valence-electron chi connectivity index (χ2n) is 1.89. The Morgan fingerprint density at radius 3 is 2.50 bits per heavy atom. The van der Waals surface area contributed by atoms with Gasteiger partial charge in [-0.1, -0.05) is 0 Å². The fraction of sp³-hybridized carbons (Fsp3) is 0.500. The third kappa shape index (κ3) is 1.70. The lowest BCUT2D eigenvalue weighted by Gasteiger charge is -2.12. The zero-order valence-corrected chi connectivity index (χ0v) is 7.22. The summed E-state index contributed by atoms with van der Waals surface area (Å²) in [6.07, 6.45) is 0. The number of allylic oxidation sites excluding steroid dienone is 1. The second kappa shape index (κ2) is 3.34. The molecule has 0 aliphatic carbocycles. The van der Waals surface area contributed by atoms with Crippen molar-refractivity contribution in [3.05, 3.63) is 9.81 Å². The Morgan fingerprint density at radius 2 is 2.10 bits per heavy atom. The first kappa shape index (κ1) is 8.01. The third-order valence-corrected chi connectivity index (χ3v) is 3.77. The summed E-state index contributed by atoms with van der Waals surface area (Å²) in [6, 6.07) is 0. The molecule has 0 aromatic rings. The topological polar surface area (TPSA) is 37.3 Å². The summed E-state index contributed by atoms with van der Waals surface area (Å²) in [5, 5.41) is 8.62. The molecule has 1 aliphatic heterocycles. The lowest BCUT2D eigenvalue weighted by molar-refractivity contribution is -0.131. The molecular formula is C6H8O2S2. The van der Waals surface area contributed by atoms with Crippen LogP contribution in [0.4, 0.5) is 0 Å². The van der Waals surface area contributed by atoms with Gasteiger partial charge < -0.3 is 5.11 Å². The lowest BCUT2D eigenvalue weighted by Crippen LogP contribution is -2.04. The second-order valence-corrected chi connectivity index (χ2v) is 4.30. The average Bonchev–Trinajstić information content (AvgIpc) is 1.88. The maximum absolute atomic E-state index is 10.5. The zero-order valence-electron chi connectivity index (χ0n) is 5.59. The van der Waals surface area contributed by atoms with Crippen molar-refractivity contribution in [1.82, 2.24) is 0 Å². The van der Waals surface area contributed by atoms with Crippen LogP contribution in [0.5, 0.6) is 0 Å². The molecule has 1 N–H and O–H groups in total. The number of hydrogen-bond acceptors (Lipinski definition) is 3. The van der Waals surface area contributed by atoms with Gasteiger partial charge in [-0.05, 0) is 6.92 Å². The van der Waals surface area contributed by atoms with Gasteiger partial charge in [0.15, 0.2) is 0 Å². The number of thioether (sulfide) groups is 2. The van der Waals surface area contributed by atoms with E-state index in [0.717, 1.165) is 16.4 Å². The molecule has 0 spiro atoms. The van der Waals surface area contributed by atoms with Crippen LogP contribution in [0.3, 0.4) is 0 Å². The van der Waals surface area contributed by atoms with Crippen molar-refractivity contribution in [3.8, 4) is 0 Å². The molecule has 2 nitrogen and oxygen atoms in total. The van der Waals surface area contributed by atoms with Crippen LogP contribution in [0.15, 0.2) is 9.81 Å². The van der Waals surface area contributed by atoms with E-state index in [9.17, 15) is 4.79 Å². The highest BCUT2D eigenvalue weighted by atomic mass is 32.2. The minimum atomic E-state index is -0.783. The molecule has 1 rings (SSSR count). The quantitative estimate of drug-likeness (QED) is 0.661. The first-order valence-corrected chi connectivity index (χ1v) is 4.88. The molecule has 0 saturated heterocycles. The van der Waals surface area contributed by atoms with Crippen LogP contribution >= 0.6 is 23.5 Å². The SMILES string of the molecule is CC1=C(C(=O)O)SCCS1. The maximum atomic E-state index is 10.5. The van der Waals surface area contributed by atoms with Gasteiger partial charge in [0.1, 0.15) is 4.91 Å². The number of carbonyl (C=O) groups is 1. The molecule has 4 heteroatoms. The van der Waals surface area contributed by atoms with Crippen molar-refractivity contribution in [2.24, 2.45) is 0 Å². The Morgan fingerprint density at radius 1 is 1.50 bits per heavy atom. The lowest BCUT2D eigenvalue weighted by atomic mass is 10.5. The first-order valence-electron chi connectivity index (χ1n) is 2.91. The fourth-order valence-corrected chi connectivity index (χ4v) is 2.79. The number of carboxylic acids is 1. The van der Waals surface area contributed by atoms with Gasteiger partial charge in [-0.15, -0.1) is 23.5 Å². The van der Waals surface area contributed by atoms with E-state index in [1.807, 2.05) is 6.92 Å². The van der Waals surface area contributed by atoms with Crippen LogP contribution in [0, 0.1) is 0 Å². The molecule has 0 radical (unpaired) electrons. The molecule has 1 aliphatic rings. The van der Waals surface area contributed by atoms with Crippen molar-refractivity contribution in [1.29, 1.82) is 0 Å². The van der Waals surface area contributed by atoms with E-state index in [2.05, 4.69) is 0 Å². The molecule has 0 saturated carbocycles. The van der Waals surface area contributed by atoms with Crippen LogP contribution in [0.2, 0.25) is 0 Å². The molecule has 0 aromatic carbocycles. The first-order chi connectivity index (χ1) is 4.72.